The Morgan fingerprint density at radius 2 is 2.00 bits per heavy atom. The van der Waals surface area contributed by atoms with Gasteiger partial charge in [-0.25, -0.2) is 13.8 Å². The van der Waals surface area contributed by atoms with Crippen molar-refractivity contribution in [1.82, 2.24) is 10.3 Å². The number of thiazole rings is 1. The lowest BCUT2D eigenvalue weighted by molar-refractivity contribution is 0.0951. The van der Waals surface area contributed by atoms with Crippen LogP contribution in [-0.4, -0.2) is 30.5 Å². The Morgan fingerprint density at radius 1 is 1.20 bits per heavy atom. The van der Waals surface area contributed by atoms with Gasteiger partial charge in [0.2, 0.25) is 0 Å². The summed E-state index contributed by atoms with van der Waals surface area (Å²) < 4.78 is 26.6. The third kappa shape index (κ3) is 4.67. The maximum atomic E-state index is 13.5. The third-order valence-electron chi connectivity index (χ3n) is 5.35. The first-order chi connectivity index (χ1) is 14.5. The van der Waals surface area contributed by atoms with Crippen LogP contribution in [0.2, 0.25) is 0 Å². The molecule has 1 saturated heterocycles. The molecule has 3 aromatic rings. The molecule has 30 heavy (non-hydrogen) atoms. The lowest BCUT2D eigenvalue weighted by Crippen LogP contribution is -2.31. The average Bonchev–Trinajstić information content (AvgIpc) is 3.36. The van der Waals surface area contributed by atoms with Crippen molar-refractivity contribution < 1.29 is 13.6 Å². The second-order valence-electron chi connectivity index (χ2n) is 7.59. The highest BCUT2D eigenvalue weighted by Gasteiger charge is 2.24. The molecule has 1 aliphatic heterocycles. The molecule has 1 fully saturated rings. The van der Waals surface area contributed by atoms with E-state index in [0.29, 0.717) is 30.1 Å². The summed E-state index contributed by atoms with van der Waals surface area (Å²) in [5.74, 6) is -1.51. The van der Waals surface area contributed by atoms with Crippen LogP contribution >= 0.6 is 11.3 Å². The topological polar surface area (TPSA) is 45.2 Å². The molecule has 1 aromatic heterocycles. The van der Waals surface area contributed by atoms with Crippen LogP contribution in [0, 0.1) is 24.5 Å². The summed E-state index contributed by atoms with van der Waals surface area (Å²) in [5.41, 5.74) is 2.59. The van der Waals surface area contributed by atoms with Gasteiger partial charge in [0.05, 0.1) is 10.7 Å². The van der Waals surface area contributed by atoms with E-state index in [0.717, 1.165) is 29.7 Å². The molecule has 0 saturated carbocycles. The Bertz CT molecular complexity index is 1040. The van der Waals surface area contributed by atoms with Crippen LogP contribution in [0.3, 0.4) is 0 Å². The van der Waals surface area contributed by atoms with Gasteiger partial charge in [-0.1, -0.05) is 30.3 Å². The van der Waals surface area contributed by atoms with Gasteiger partial charge < -0.3 is 10.2 Å². The van der Waals surface area contributed by atoms with Crippen molar-refractivity contribution in [2.45, 2.75) is 19.8 Å². The Balaban J connectivity index is 1.32. The molecule has 2 aromatic carbocycles. The summed E-state index contributed by atoms with van der Waals surface area (Å²) in [6, 6.07) is 14.0. The lowest BCUT2D eigenvalue weighted by Gasteiger charge is -2.19. The summed E-state index contributed by atoms with van der Waals surface area (Å²) in [7, 11) is 0. The van der Waals surface area contributed by atoms with Gasteiger partial charge >= 0.3 is 0 Å². The molecule has 4 nitrogen and oxygen atoms in total. The molecule has 0 radical (unpaired) electrons. The maximum absolute atomic E-state index is 13.5. The van der Waals surface area contributed by atoms with Crippen molar-refractivity contribution in [3.05, 3.63) is 81.3 Å². The quantitative estimate of drug-likeness (QED) is 0.627. The van der Waals surface area contributed by atoms with Gasteiger partial charge in [-0.15, -0.1) is 11.3 Å². The number of carbonyl (C=O) groups is 1. The lowest BCUT2D eigenvalue weighted by atomic mass is 10.1. The number of amides is 1. The van der Waals surface area contributed by atoms with Crippen molar-refractivity contribution in [2.75, 3.05) is 24.5 Å². The Morgan fingerprint density at radius 3 is 2.77 bits per heavy atom. The van der Waals surface area contributed by atoms with E-state index in [-0.39, 0.29) is 11.8 Å². The second-order valence-corrected chi connectivity index (χ2v) is 8.68. The van der Waals surface area contributed by atoms with Gasteiger partial charge in [-0.3, -0.25) is 4.79 Å². The van der Waals surface area contributed by atoms with E-state index in [1.165, 1.54) is 23.0 Å². The van der Waals surface area contributed by atoms with Crippen LogP contribution in [0.4, 0.5) is 14.5 Å². The first kappa shape index (κ1) is 20.5. The highest BCUT2D eigenvalue weighted by Crippen LogP contribution is 2.25. The molecule has 0 bridgehead atoms. The molecule has 0 aliphatic carbocycles. The van der Waals surface area contributed by atoms with Crippen LogP contribution in [0.15, 0.2) is 48.5 Å². The Kier molecular flexibility index (Phi) is 6.08. The number of hydrogen-bond acceptors (Lipinski definition) is 4. The maximum Gasteiger partial charge on any atom is 0.263 e. The van der Waals surface area contributed by atoms with Crippen LogP contribution in [0.25, 0.3) is 0 Å². The van der Waals surface area contributed by atoms with E-state index >= 15 is 0 Å². The van der Waals surface area contributed by atoms with E-state index in [1.54, 1.807) is 6.07 Å². The van der Waals surface area contributed by atoms with Crippen LogP contribution in [0.5, 0.6) is 0 Å². The number of benzene rings is 2. The van der Waals surface area contributed by atoms with Crippen LogP contribution < -0.4 is 10.2 Å². The predicted octanol–water partition coefficient (Wildman–Crippen LogP) is 4.58. The van der Waals surface area contributed by atoms with E-state index in [1.807, 2.05) is 30.0 Å². The fourth-order valence-corrected chi connectivity index (χ4v) is 4.76. The van der Waals surface area contributed by atoms with Gasteiger partial charge in [0.15, 0.2) is 11.6 Å². The number of anilines is 1. The molecule has 7 heteroatoms. The Labute approximate surface area is 178 Å². The van der Waals surface area contributed by atoms with Gasteiger partial charge in [0.1, 0.15) is 4.88 Å². The minimum Gasteiger partial charge on any atom is -0.371 e. The van der Waals surface area contributed by atoms with E-state index in [9.17, 15) is 13.6 Å². The van der Waals surface area contributed by atoms with Gasteiger partial charge in [0.25, 0.3) is 5.91 Å². The zero-order valence-corrected chi connectivity index (χ0v) is 17.5. The summed E-state index contributed by atoms with van der Waals surface area (Å²) in [5, 5.41) is 3.95. The summed E-state index contributed by atoms with van der Waals surface area (Å²) in [6.07, 6.45) is 1.60. The monoisotopic (exact) mass is 427 g/mol. The fourth-order valence-electron chi connectivity index (χ4n) is 3.74. The SMILES string of the molecule is Cc1nc(Cc2ccccc2)sc1C(=O)NCC1CCN(c2ccc(F)c(F)c2)C1. The minimum atomic E-state index is -0.840. The molecule has 0 spiro atoms. The summed E-state index contributed by atoms with van der Waals surface area (Å²) in [6.45, 7) is 3.86. The van der Waals surface area contributed by atoms with Crippen molar-refractivity contribution >= 4 is 22.9 Å². The smallest absolute Gasteiger partial charge is 0.263 e. The number of rotatable bonds is 6. The summed E-state index contributed by atoms with van der Waals surface area (Å²) in [4.78, 5) is 19.9. The van der Waals surface area contributed by atoms with E-state index in [2.05, 4.69) is 22.4 Å². The molecular formula is C23H23F2N3OS. The molecule has 1 N–H and O–H groups in total. The normalized spacial score (nSPS) is 16.1. The van der Waals surface area contributed by atoms with E-state index in [4.69, 9.17) is 0 Å². The second kappa shape index (κ2) is 8.92. The average molecular weight is 428 g/mol. The molecule has 156 valence electrons. The van der Waals surface area contributed by atoms with Crippen molar-refractivity contribution in [3.8, 4) is 0 Å². The van der Waals surface area contributed by atoms with E-state index < -0.39 is 11.6 Å². The summed E-state index contributed by atoms with van der Waals surface area (Å²) >= 11 is 1.43. The zero-order chi connectivity index (χ0) is 21.1. The molecule has 1 amide bonds. The van der Waals surface area contributed by atoms with Crippen LogP contribution in [0.1, 0.15) is 32.4 Å². The number of aryl methyl sites for hydroxylation is 1. The molecule has 1 unspecified atom stereocenters. The van der Waals surface area contributed by atoms with Gasteiger partial charge in [-0.2, -0.15) is 0 Å². The van der Waals surface area contributed by atoms with Gasteiger partial charge in [-0.05, 0) is 37.0 Å². The van der Waals surface area contributed by atoms with Crippen molar-refractivity contribution in [2.24, 2.45) is 5.92 Å². The molecule has 1 atom stereocenters. The predicted molar refractivity (Wildman–Crippen MR) is 115 cm³/mol. The molecule has 2 heterocycles. The number of carbonyl (C=O) groups excluding carboxylic acids is 1. The van der Waals surface area contributed by atoms with Crippen molar-refractivity contribution in [1.29, 1.82) is 0 Å². The zero-order valence-electron chi connectivity index (χ0n) is 16.7. The first-order valence-corrected chi connectivity index (χ1v) is 10.8. The molecule has 1 aliphatic rings. The number of halogens is 2. The minimum absolute atomic E-state index is 0.101. The number of nitrogens with one attached hydrogen (secondary N) is 1. The number of aromatic nitrogens is 1. The highest BCUT2D eigenvalue weighted by molar-refractivity contribution is 7.13. The third-order valence-corrected chi connectivity index (χ3v) is 6.51. The number of hydrogen-bond donors (Lipinski definition) is 1. The van der Waals surface area contributed by atoms with Gasteiger partial charge in [0, 0.05) is 37.8 Å². The molecule has 4 rings (SSSR count). The fraction of sp³-hybridized carbons (Fsp3) is 0.304. The first-order valence-electron chi connectivity index (χ1n) is 9.98. The molecular weight excluding hydrogens is 404 g/mol. The number of nitrogens with zero attached hydrogens (tertiary/aromatic N) is 2. The highest BCUT2D eigenvalue weighted by atomic mass is 32.1. The Hall–Kier alpha value is -2.80. The van der Waals surface area contributed by atoms with Crippen LogP contribution in [-0.2, 0) is 6.42 Å². The standard InChI is InChI=1S/C23H23F2N3OS/c1-15-22(30-21(27-15)11-16-5-3-2-4-6-16)23(29)26-13-17-9-10-28(14-17)18-7-8-19(24)20(25)12-18/h2-8,12,17H,9-11,13-14H2,1H3,(H,26,29). The van der Waals surface area contributed by atoms with Crippen molar-refractivity contribution in [3.63, 3.8) is 0 Å². The largest absolute Gasteiger partial charge is 0.371 e.